The molecule has 15 heavy (non-hydrogen) atoms. The van der Waals surface area contributed by atoms with E-state index < -0.39 is 9.87 Å². The van der Waals surface area contributed by atoms with Gasteiger partial charge in [-0.15, -0.1) is 0 Å². The first-order valence-electron chi connectivity index (χ1n) is 3.96. The molecule has 0 saturated carbocycles. The molecular weight excluding hydrogens is 285 g/mol. The van der Waals surface area contributed by atoms with Crippen molar-refractivity contribution < 1.29 is 4.92 Å². The van der Waals surface area contributed by atoms with Crippen molar-refractivity contribution >= 4 is 33.2 Å². The van der Waals surface area contributed by atoms with Crippen LogP contribution in [0.2, 0.25) is 5.15 Å². The molecule has 0 saturated heterocycles. The van der Waals surface area contributed by atoms with Gasteiger partial charge in [-0.25, -0.2) is 4.98 Å². The number of hydrogen-bond acceptors (Lipinski definition) is 4. The summed E-state index contributed by atoms with van der Waals surface area (Å²) in [5, 5.41) is 18.2. The van der Waals surface area contributed by atoms with Gasteiger partial charge in [-0.3, -0.25) is 10.1 Å². The summed E-state index contributed by atoms with van der Waals surface area (Å²) in [4.78, 5) is 12.5. The van der Waals surface area contributed by atoms with Gasteiger partial charge in [0.25, 0.3) is 0 Å². The third-order valence-electron chi connectivity index (χ3n) is 1.66. The first kappa shape index (κ1) is 12.1. The Hall–Kier alpha value is -1.01. The van der Waals surface area contributed by atoms with E-state index in [-0.39, 0.29) is 12.1 Å². The summed E-state index contributed by atoms with van der Waals surface area (Å²) in [6, 6.07) is 3.27. The van der Waals surface area contributed by atoms with Crippen LogP contribution in [0, 0.1) is 15.5 Å². The Morgan fingerprint density at radius 2 is 2.40 bits per heavy atom. The zero-order chi connectivity index (χ0) is 11.4. The molecule has 0 aliphatic heterocycles. The van der Waals surface area contributed by atoms with Gasteiger partial charge in [0.15, 0.2) is 0 Å². The van der Waals surface area contributed by atoms with E-state index in [2.05, 4.69) is 20.9 Å². The van der Waals surface area contributed by atoms with E-state index in [1.165, 1.54) is 6.20 Å². The van der Waals surface area contributed by atoms with Crippen molar-refractivity contribution in [2.24, 2.45) is 0 Å². The molecule has 1 N–H and O–H groups in total. The van der Waals surface area contributed by atoms with E-state index in [9.17, 15) is 10.1 Å². The molecule has 1 aromatic heterocycles. The fraction of sp³-hybridized carbons (Fsp3) is 0.250. The third-order valence-corrected chi connectivity index (χ3v) is 2.77. The molecule has 0 amide bonds. The van der Waals surface area contributed by atoms with E-state index in [0.29, 0.717) is 5.15 Å². The van der Waals surface area contributed by atoms with Crippen LogP contribution < -0.4 is 0 Å². The number of nitrogens with one attached hydrogen (secondary N) is 1. The number of rotatable bonds is 4. The second kappa shape index (κ2) is 5.18. The number of halogens is 2. The highest BCUT2D eigenvalue weighted by Gasteiger charge is 2.21. The highest BCUT2D eigenvalue weighted by atomic mass is 79.9. The Morgan fingerprint density at radius 1 is 1.73 bits per heavy atom. The van der Waals surface area contributed by atoms with E-state index in [0.717, 1.165) is 5.56 Å². The summed E-state index contributed by atoms with van der Waals surface area (Å²) in [6.07, 6.45) is 1.68. The Morgan fingerprint density at radius 3 is 2.87 bits per heavy atom. The van der Waals surface area contributed by atoms with Crippen LogP contribution >= 0.6 is 27.5 Å². The van der Waals surface area contributed by atoms with Gasteiger partial charge in [0.1, 0.15) is 5.15 Å². The lowest BCUT2D eigenvalue weighted by Gasteiger charge is -2.04. The Labute approximate surface area is 99.3 Å². The quantitative estimate of drug-likeness (QED) is 0.231. The minimum absolute atomic E-state index is 0.0240. The zero-order valence-corrected chi connectivity index (χ0v) is 9.83. The van der Waals surface area contributed by atoms with E-state index >= 15 is 0 Å². The van der Waals surface area contributed by atoms with E-state index in [4.69, 9.17) is 17.0 Å². The minimum Gasteiger partial charge on any atom is -0.301 e. The van der Waals surface area contributed by atoms with E-state index in [1.807, 2.05) is 0 Å². The van der Waals surface area contributed by atoms with Gasteiger partial charge in [-0.1, -0.05) is 17.7 Å². The van der Waals surface area contributed by atoms with Crippen LogP contribution in [-0.2, 0) is 6.42 Å². The molecule has 5 nitrogen and oxygen atoms in total. The number of nitro groups is 1. The van der Waals surface area contributed by atoms with Gasteiger partial charge in [0, 0.05) is 33.5 Å². The van der Waals surface area contributed by atoms with Crippen molar-refractivity contribution in [2.45, 2.75) is 11.4 Å². The van der Waals surface area contributed by atoms with Gasteiger partial charge in [-0.2, -0.15) is 0 Å². The lowest BCUT2D eigenvalue weighted by molar-refractivity contribution is -0.475. The predicted octanol–water partition coefficient (Wildman–Crippen LogP) is 2.29. The number of aromatic nitrogens is 1. The maximum atomic E-state index is 10.4. The lowest BCUT2D eigenvalue weighted by atomic mass is 10.1. The Bertz CT molecular complexity index is 382. The normalized spacial score (nSPS) is 12.1. The lowest BCUT2D eigenvalue weighted by Crippen LogP contribution is -2.24. The number of nitrogens with zero attached hydrogens (tertiary/aromatic N) is 2. The molecule has 0 spiro atoms. The second-order valence-electron chi connectivity index (χ2n) is 2.81. The summed E-state index contributed by atoms with van der Waals surface area (Å²) >= 11 is 8.39. The predicted molar refractivity (Wildman–Crippen MR) is 60.4 cm³/mol. The van der Waals surface area contributed by atoms with Crippen molar-refractivity contribution in [3.8, 4) is 0 Å². The molecule has 0 bridgehead atoms. The number of alkyl halides is 1. The highest BCUT2D eigenvalue weighted by molar-refractivity contribution is 9.09. The summed E-state index contributed by atoms with van der Waals surface area (Å²) in [5.41, 5.74) is 0.694. The van der Waals surface area contributed by atoms with E-state index in [1.54, 1.807) is 12.1 Å². The van der Waals surface area contributed by atoms with Gasteiger partial charge in [0.2, 0.25) is 0 Å². The molecule has 0 fully saturated rings. The topological polar surface area (TPSA) is 79.9 Å². The SMILES string of the molecule is N=C(Cc1ccc(Cl)nc1)C(Br)[N+](=O)[O-]. The zero-order valence-electron chi connectivity index (χ0n) is 7.48. The third kappa shape index (κ3) is 3.56. The van der Waals surface area contributed by atoms with Crippen LogP contribution in [-0.4, -0.2) is 20.6 Å². The van der Waals surface area contributed by atoms with Crippen LogP contribution in [0.1, 0.15) is 5.56 Å². The molecule has 0 aliphatic rings. The standard InChI is InChI=1S/C8H7BrClN3O2/c9-8(13(14)15)6(11)3-5-1-2-7(10)12-4-5/h1-2,4,8,11H,3H2. The Balaban J connectivity index is 2.66. The van der Waals surface area contributed by atoms with Crippen molar-refractivity contribution in [1.29, 1.82) is 5.41 Å². The molecule has 1 aromatic rings. The van der Waals surface area contributed by atoms with Crippen LogP contribution in [0.15, 0.2) is 18.3 Å². The molecule has 0 aliphatic carbocycles. The van der Waals surface area contributed by atoms with Crippen molar-refractivity contribution in [3.05, 3.63) is 39.2 Å². The number of pyridine rings is 1. The molecule has 1 heterocycles. The van der Waals surface area contributed by atoms with Gasteiger partial charge >= 0.3 is 4.95 Å². The van der Waals surface area contributed by atoms with Crippen molar-refractivity contribution in [2.75, 3.05) is 0 Å². The summed E-state index contributed by atoms with van der Waals surface area (Å²) in [6.45, 7) is 0. The van der Waals surface area contributed by atoms with Crippen LogP contribution in [0.5, 0.6) is 0 Å². The minimum atomic E-state index is -1.15. The van der Waals surface area contributed by atoms with Gasteiger partial charge in [0.05, 0.1) is 5.71 Å². The maximum Gasteiger partial charge on any atom is 0.303 e. The monoisotopic (exact) mass is 291 g/mol. The average molecular weight is 293 g/mol. The van der Waals surface area contributed by atoms with Gasteiger partial charge < -0.3 is 5.41 Å². The average Bonchev–Trinajstić information content (AvgIpc) is 2.20. The molecule has 1 rings (SSSR count). The number of hydrogen-bond donors (Lipinski definition) is 1. The molecule has 80 valence electrons. The molecule has 0 radical (unpaired) electrons. The summed E-state index contributed by atoms with van der Waals surface area (Å²) < 4.78 is 0. The first-order chi connectivity index (χ1) is 7.00. The summed E-state index contributed by atoms with van der Waals surface area (Å²) in [5.74, 6) is 0. The van der Waals surface area contributed by atoms with Crippen molar-refractivity contribution in [3.63, 3.8) is 0 Å². The smallest absolute Gasteiger partial charge is 0.301 e. The molecule has 0 aromatic carbocycles. The fourth-order valence-electron chi connectivity index (χ4n) is 0.942. The second-order valence-corrected chi connectivity index (χ2v) is 4.07. The summed E-state index contributed by atoms with van der Waals surface area (Å²) in [7, 11) is 0. The molecular formula is C8H7BrClN3O2. The van der Waals surface area contributed by atoms with Crippen LogP contribution in [0.4, 0.5) is 0 Å². The highest BCUT2D eigenvalue weighted by Crippen LogP contribution is 2.10. The largest absolute Gasteiger partial charge is 0.303 e. The first-order valence-corrected chi connectivity index (χ1v) is 5.25. The van der Waals surface area contributed by atoms with Crippen LogP contribution in [0.3, 0.4) is 0 Å². The Kier molecular flexibility index (Phi) is 4.16. The molecule has 1 unspecified atom stereocenters. The molecule has 7 heteroatoms. The molecule has 1 atom stereocenters. The van der Waals surface area contributed by atoms with Gasteiger partial charge in [-0.05, 0) is 11.6 Å². The van der Waals surface area contributed by atoms with Crippen molar-refractivity contribution in [1.82, 2.24) is 4.98 Å². The van der Waals surface area contributed by atoms with Crippen LogP contribution in [0.25, 0.3) is 0 Å². The fourth-order valence-corrected chi connectivity index (χ4v) is 1.22. The maximum absolute atomic E-state index is 10.4.